The Morgan fingerprint density at radius 2 is 1.81 bits per heavy atom. The predicted molar refractivity (Wildman–Crippen MR) is 217 cm³/mol. The molecule has 11 nitrogen and oxygen atoms in total. The molecule has 19 atom stereocenters. The van der Waals surface area contributed by atoms with Crippen LogP contribution in [-0.2, 0) is 9.53 Å². The summed E-state index contributed by atoms with van der Waals surface area (Å²) in [7, 11) is 0. The molecule has 6 fully saturated rings. The molecular weight excluding hydrogens is 723 g/mol. The minimum absolute atomic E-state index is 0.0173. The zero-order valence-corrected chi connectivity index (χ0v) is 35.1. The largest absolute Gasteiger partial charge is 0.392 e. The second-order valence-corrected chi connectivity index (χ2v) is 20.8. The summed E-state index contributed by atoms with van der Waals surface area (Å²) in [6, 6.07) is 0. The number of hydrogen-bond donors (Lipinski definition) is 9. The number of ether oxygens (including phenoxy) is 1. The highest BCUT2D eigenvalue weighted by molar-refractivity contribution is 6.00. The zero-order valence-electron chi connectivity index (χ0n) is 35.1. The molecule has 2 aliphatic heterocycles. The Morgan fingerprint density at radius 1 is 1.07 bits per heavy atom. The number of ketones is 1. The standard InChI is InChI=1S/C46H73N3O8/c1-6-7-26-8-12-29-25(3)41(57-33(29)14-9-26)42(54)44(5,55)34-17-19-46(56)37-31(16-18-43(34,46)4)45-21-32(51)39(52)30(36(45)40(53)38(37)49-22-24(2)50)13-11-28(45)20-27-10-15-35(47)48-23-27/h10,15,23-26,28-36,39,41-42,48-52,54-56H,6-9,11-14,16-22,47H2,1-5H3/t24-,25-,26+,28+,29-,30+,31-,32-,33+,34-,35?,36-,39+,41+,42+,43+,44+,45-,46+/m0/s1. The maximum atomic E-state index is 15.3. The molecule has 10 N–H and O–H groups in total. The molecule has 0 amide bonds. The van der Waals surface area contributed by atoms with Gasteiger partial charge in [-0.3, -0.25) is 4.79 Å². The zero-order chi connectivity index (χ0) is 40.8. The third kappa shape index (κ3) is 6.45. The third-order valence-corrected chi connectivity index (χ3v) is 17.8. The summed E-state index contributed by atoms with van der Waals surface area (Å²) in [6.45, 7) is 9.98. The number of carbonyl (C=O) groups excluding carboxylic acids is 1. The van der Waals surface area contributed by atoms with Gasteiger partial charge in [0.1, 0.15) is 6.10 Å². The number of Topliss-reactive ketones (excluding diaryl/α,β-unsaturated/α-hetero) is 1. The van der Waals surface area contributed by atoms with E-state index in [9.17, 15) is 30.6 Å². The number of fused-ring (bicyclic) bond motifs is 4. The third-order valence-electron chi connectivity index (χ3n) is 17.8. The molecule has 1 saturated heterocycles. The van der Waals surface area contributed by atoms with E-state index >= 15 is 4.79 Å². The van der Waals surface area contributed by atoms with Gasteiger partial charge in [0.15, 0.2) is 5.78 Å². The molecular formula is C46H73N3O8. The van der Waals surface area contributed by atoms with Crippen molar-refractivity contribution in [3.8, 4) is 0 Å². The van der Waals surface area contributed by atoms with E-state index in [-0.39, 0.29) is 48.8 Å². The molecule has 11 heteroatoms. The second-order valence-electron chi connectivity index (χ2n) is 20.8. The van der Waals surface area contributed by atoms with E-state index in [1.165, 1.54) is 19.3 Å². The summed E-state index contributed by atoms with van der Waals surface area (Å²) in [5.74, 6) is -0.821. The molecule has 0 aromatic rings. The van der Waals surface area contributed by atoms with Crippen LogP contribution in [0.4, 0.5) is 0 Å². The topological polar surface area (TPSA) is 198 Å². The van der Waals surface area contributed by atoms with Gasteiger partial charge < -0.3 is 51.7 Å². The van der Waals surface area contributed by atoms with Gasteiger partial charge in [0, 0.05) is 24.1 Å². The highest BCUT2D eigenvalue weighted by atomic mass is 16.5. The first-order valence-corrected chi connectivity index (χ1v) is 22.7. The molecule has 2 bridgehead atoms. The van der Waals surface area contributed by atoms with Crippen LogP contribution in [0.25, 0.3) is 0 Å². The molecule has 57 heavy (non-hydrogen) atoms. The quantitative estimate of drug-likeness (QED) is 0.155. The highest BCUT2D eigenvalue weighted by Gasteiger charge is 2.74. The summed E-state index contributed by atoms with van der Waals surface area (Å²) in [4.78, 5) is 15.3. The van der Waals surface area contributed by atoms with Crippen molar-refractivity contribution in [3.05, 3.63) is 35.2 Å². The molecule has 0 radical (unpaired) electrons. The summed E-state index contributed by atoms with van der Waals surface area (Å²) < 4.78 is 6.73. The molecule has 320 valence electrons. The molecule has 0 aromatic heterocycles. The van der Waals surface area contributed by atoms with Crippen LogP contribution in [0.1, 0.15) is 125 Å². The summed E-state index contributed by atoms with van der Waals surface area (Å²) in [5, 5.41) is 78.8. The van der Waals surface area contributed by atoms with Crippen LogP contribution in [0, 0.1) is 58.2 Å². The molecule has 1 unspecified atom stereocenters. The Kier molecular flexibility index (Phi) is 11.2. The van der Waals surface area contributed by atoms with Crippen LogP contribution < -0.4 is 16.4 Å². The van der Waals surface area contributed by atoms with E-state index in [1.807, 2.05) is 25.3 Å². The Hall–Kier alpha value is -1.83. The van der Waals surface area contributed by atoms with Crippen molar-refractivity contribution in [1.82, 2.24) is 10.6 Å². The molecule has 8 rings (SSSR count). The fourth-order valence-electron chi connectivity index (χ4n) is 15.1. The fraction of sp³-hybridized carbons (Fsp3) is 0.848. The van der Waals surface area contributed by atoms with E-state index < -0.39 is 70.3 Å². The van der Waals surface area contributed by atoms with Gasteiger partial charge in [-0.05, 0) is 149 Å². The van der Waals surface area contributed by atoms with Gasteiger partial charge in [-0.1, -0.05) is 46.1 Å². The van der Waals surface area contributed by atoms with Gasteiger partial charge in [-0.2, -0.15) is 0 Å². The SMILES string of the molecule is CCC[C@@H]1CC[C@H]2[C@H](C)[C@H]([C@@H](O)[C@](C)(O)[C@H]3CC[C@@]4(O)C5=C(NC[C@H](C)O)C(=O)[C@@H]6[C@H]7CC[C@H](CC8=CNC(N)C=C8)[C@@]6(C[C@H](O)[C@@H]7O)[C@H]5CC[C@]34C)O[C@@H]2CC1. The van der Waals surface area contributed by atoms with E-state index in [0.717, 1.165) is 37.2 Å². The van der Waals surface area contributed by atoms with Crippen molar-refractivity contribution in [2.24, 2.45) is 63.9 Å². The summed E-state index contributed by atoms with van der Waals surface area (Å²) >= 11 is 0. The van der Waals surface area contributed by atoms with Gasteiger partial charge in [0.25, 0.3) is 0 Å². The van der Waals surface area contributed by atoms with Crippen molar-refractivity contribution >= 4 is 5.78 Å². The average Bonchev–Trinajstić information content (AvgIpc) is 3.55. The van der Waals surface area contributed by atoms with Crippen molar-refractivity contribution in [2.75, 3.05) is 6.54 Å². The van der Waals surface area contributed by atoms with Gasteiger partial charge in [0.2, 0.25) is 0 Å². The number of rotatable bonds is 10. The lowest BCUT2D eigenvalue weighted by atomic mass is 9.37. The number of carbonyl (C=O) groups is 1. The van der Waals surface area contributed by atoms with Crippen LogP contribution in [0.5, 0.6) is 0 Å². The molecule has 0 aromatic carbocycles. The number of aliphatic hydroxyl groups excluding tert-OH is 4. The van der Waals surface area contributed by atoms with Gasteiger partial charge in [0.05, 0.1) is 53.6 Å². The Balaban J connectivity index is 1.16. The Morgan fingerprint density at radius 3 is 2.51 bits per heavy atom. The van der Waals surface area contributed by atoms with E-state index in [4.69, 9.17) is 10.5 Å². The van der Waals surface area contributed by atoms with Gasteiger partial charge in [-0.25, -0.2) is 0 Å². The predicted octanol–water partition coefficient (Wildman–Crippen LogP) is 3.95. The number of nitrogens with two attached hydrogens (primary N) is 1. The van der Waals surface area contributed by atoms with E-state index in [1.54, 1.807) is 13.8 Å². The van der Waals surface area contributed by atoms with Crippen LogP contribution in [0.2, 0.25) is 0 Å². The van der Waals surface area contributed by atoms with Gasteiger partial charge in [-0.15, -0.1) is 0 Å². The lowest BCUT2D eigenvalue weighted by Gasteiger charge is -2.67. The second kappa shape index (κ2) is 15.3. The monoisotopic (exact) mass is 796 g/mol. The van der Waals surface area contributed by atoms with E-state index in [0.29, 0.717) is 55.7 Å². The van der Waals surface area contributed by atoms with Crippen molar-refractivity contribution in [1.29, 1.82) is 0 Å². The number of allylic oxidation sites excluding steroid dienone is 3. The van der Waals surface area contributed by atoms with Gasteiger partial charge >= 0.3 is 0 Å². The minimum atomic E-state index is -1.59. The summed E-state index contributed by atoms with van der Waals surface area (Å²) in [6.07, 6.45) is 12.2. The fourth-order valence-corrected chi connectivity index (χ4v) is 15.1. The van der Waals surface area contributed by atoms with Crippen LogP contribution >= 0.6 is 0 Å². The molecule has 8 aliphatic rings. The van der Waals surface area contributed by atoms with Crippen molar-refractivity contribution < 1.29 is 40.2 Å². The van der Waals surface area contributed by atoms with Crippen LogP contribution in [0.15, 0.2) is 35.2 Å². The summed E-state index contributed by atoms with van der Waals surface area (Å²) in [5.41, 5.74) is 3.40. The Bertz CT molecular complexity index is 1630. The van der Waals surface area contributed by atoms with Crippen LogP contribution in [-0.4, -0.2) is 97.0 Å². The lowest BCUT2D eigenvalue weighted by molar-refractivity contribution is -0.217. The number of hydrogen-bond acceptors (Lipinski definition) is 11. The molecule has 0 spiro atoms. The van der Waals surface area contributed by atoms with Crippen LogP contribution in [0.3, 0.4) is 0 Å². The average molecular weight is 796 g/mol. The van der Waals surface area contributed by atoms with E-state index in [2.05, 4.69) is 24.5 Å². The first kappa shape index (κ1) is 41.9. The smallest absolute Gasteiger partial charge is 0.182 e. The minimum Gasteiger partial charge on any atom is -0.392 e. The molecule has 6 aliphatic carbocycles. The number of aliphatic hydroxyl groups is 6. The normalized spacial score (nSPS) is 48.7. The first-order valence-electron chi connectivity index (χ1n) is 22.7. The molecule has 5 saturated carbocycles. The maximum absolute atomic E-state index is 15.3. The van der Waals surface area contributed by atoms with Crippen molar-refractivity contribution in [3.63, 3.8) is 0 Å². The molecule has 2 heterocycles. The van der Waals surface area contributed by atoms with Crippen molar-refractivity contribution in [2.45, 2.75) is 179 Å². The number of dihydropyridines is 1. The first-order chi connectivity index (χ1) is 27.0. The Labute approximate surface area is 340 Å². The lowest BCUT2D eigenvalue weighted by Crippen LogP contribution is -2.70. The highest BCUT2D eigenvalue weighted by Crippen LogP contribution is 2.73. The maximum Gasteiger partial charge on any atom is 0.182 e. The number of nitrogens with one attached hydrogen (secondary N) is 2.